The van der Waals surface area contributed by atoms with Gasteiger partial charge in [-0.2, -0.15) is 0 Å². The van der Waals surface area contributed by atoms with Crippen LogP contribution in [-0.2, 0) is 16.0 Å². The van der Waals surface area contributed by atoms with Crippen LogP contribution >= 0.6 is 0 Å². The summed E-state index contributed by atoms with van der Waals surface area (Å²) in [6.45, 7) is 7.26. The quantitative estimate of drug-likeness (QED) is 0.731. The second-order valence-electron chi connectivity index (χ2n) is 7.08. The zero-order chi connectivity index (χ0) is 20.3. The van der Waals surface area contributed by atoms with Crippen molar-refractivity contribution in [3.63, 3.8) is 0 Å². The highest BCUT2D eigenvalue weighted by Gasteiger charge is 2.20. The summed E-state index contributed by atoms with van der Waals surface area (Å²) < 4.78 is 10.8. The van der Waals surface area contributed by atoms with Gasteiger partial charge in [-0.3, -0.25) is 4.79 Å². The smallest absolute Gasteiger partial charge is 0.340 e. The van der Waals surface area contributed by atoms with E-state index in [0.29, 0.717) is 22.3 Å². The van der Waals surface area contributed by atoms with E-state index in [1.54, 1.807) is 13.0 Å². The SMILES string of the molecule is COc1cc(C)cc2oc(=O)c(CC(=O)N[C@@H](CC(C)C)C(=O)[O-])c(C)c12. The Morgan fingerprint density at radius 2 is 1.93 bits per heavy atom. The molecule has 1 heterocycles. The summed E-state index contributed by atoms with van der Waals surface area (Å²) in [5, 5.41) is 14.3. The number of amides is 1. The highest BCUT2D eigenvalue weighted by atomic mass is 16.5. The molecule has 1 aromatic carbocycles. The Labute approximate surface area is 157 Å². The zero-order valence-electron chi connectivity index (χ0n) is 16.2. The maximum Gasteiger partial charge on any atom is 0.340 e. The van der Waals surface area contributed by atoms with Gasteiger partial charge in [-0.25, -0.2) is 4.79 Å². The van der Waals surface area contributed by atoms with E-state index in [2.05, 4.69) is 5.32 Å². The van der Waals surface area contributed by atoms with E-state index >= 15 is 0 Å². The van der Waals surface area contributed by atoms with Gasteiger partial charge in [0.25, 0.3) is 0 Å². The molecule has 146 valence electrons. The molecule has 0 aliphatic carbocycles. The molecule has 0 saturated carbocycles. The number of nitrogens with one attached hydrogen (secondary N) is 1. The van der Waals surface area contributed by atoms with Gasteiger partial charge in [-0.15, -0.1) is 0 Å². The Hall–Kier alpha value is -2.83. The van der Waals surface area contributed by atoms with Crippen molar-refractivity contribution in [3.05, 3.63) is 39.2 Å². The first-order valence-electron chi connectivity index (χ1n) is 8.75. The van der Waals surface area contributed by atoms with Crippen LogP contribution in [0.2, 0.25) is 0 Å². The third-order valence-corrected chi connectivity index (χ3v) is 4.37. The van der Waals surface area contributed by atoms with E-state index in [0.717, 1.165) is 5.56 Å². The molecule has 1 amide bonds. The first-order valence-corrected chi connectivity index (χ1v) is 8.75. The van der Waals surface area contributed by atoms with Crippen LogP contribution in [-0.4, -0.2) is 25.0 Å². The second-order valence-corrected chi connectivity index (χ2v) is 7.08. The standard InChI is InChI=1S/C20H25NO6/c1-10(2)6-14(19(23)24)21-17(22)9-13-12(4)18-15(26-5)7-11(3)8-16(18)27-20(13)25/h7-8,10,14H,6,9H2,1-5H3,(H,21,22)(H,23,24)/p-1/t14-/m0/s1. The van der Waals surface area contributed by atoms with Crippen LogP contribution in [0.4, 0.5) is 0 Å². The minimum absolute atomic E-state index is 0.0631. The maximum atomic E-state index is 12.4. The van der Waals surface area contributed by atoms with Crippen molar-refractivity contribution in [2.24, 2.45) is 5.92 Å². The lowest BCUT2D eigenvalue weighted by molar-refractivity contribution is -0.308. The lowest BCUT2D eigenvalue weighted by Crippen LogP contribution is -2.49. The van der Waals surface area contributed by atoms with Crippen LogP contribution in [0.3, 0.4) is 0 Å². The average Bonchev–Trinajstić information content (AvgIpc) is 2.56. The Kier molecular flexibility index (Phi) is 6.25. The topological polar surface area (TPSA) is 109 Å². The Morgan fingerprint density at radius 3 is 2.48 bits per heavy atom. The first-order chi connectivity index (χ1) is 12.6. The number of aliphatic carboxylic acids is 1. The third kappa shape index (κ3) is 4.67. The number of aryl methyl sites for hydroxylation is 2. The van der Waals surface area contributed by atoms with Crippen LogP contribution in [0.5, 0.6) is 5.75 Å². The van der Waals surface area contributed by atoms with Crippen molar-refractivity contribution in [1.82, 2.24) is 5.32 Å². The van der Waals surface area contributed by atoms with Gasteiger partial charge < -0.3 is 24.4 Å². The Bertz CT molecular complexity index is 928. The van der Waals surface area contributed by atoms with Crippen LogP contribution < -0.4 is 20.8 Å². The summed E-state index contributed by atoms with van der Waals surface area (Å²) in [4.78, 5) is 35.9. The molecule has 0 radical (unpaired) electrons. The minimum Gasteiger partial charge on any atom is -0.548 e. The molecule has 0 fully saturated rings. The molecular formula is C20H24NO6-. The van der Waals surface area contributed by atoms with E-state index < -0.39 is 23.5 Å². The summed E-state index contributed by atoms with van der Waals surface area (Å²) in [6, 6.07) is 2.43. The fourth-order valence-electron chi connectivity index (χ4n) is 3.09. The average molecular weight is 374 g/mol. The number of benzene rings is 1. The van der Waals surface area contributed by atoms with Crippen molar-refractivity contribution in [2.75, 3.05) is 7.11 Å². The van der Waals surface area contributed by atoms with Gasteiger partial charge in [0.15, 0.2) is 0 Å². The van der Waals surface area contributed by atoms with Crippen molar-refractivity contribution in [3.8, 4) is 5.75 Å². The Morgan fingerprint density at radius 1 is 1.26 bits per heavy atom. The molecule has 0 unspecified atom stereocenters. The van der Waals surface area contributed by atoms with E-state index in [-0.39, 0.29) is 24.3 Å². The number of carboxylic acid groups (broad SMARTS) is 1. The molecule has 7 nitrogen and oxygen atoms in total. The van der Waals surface area contributed by atoms with Gasteiger partial charge in [0.2, 0.25) is 5.91 Å². The molecule has 27 heavy (non-hydrogen) atoms. The molecule has 2 aromatic rings. The fraction of sp³-hybridized carbons (Fsp3) is 0.450. The van der Waals surface area contributed by atoms with Gasteiger partial charge in [-0.1, -0.05) is 13.8 Å². The molecule has 0 bridgehead atoms. The first kappa shape index (κ1) is 20.5. The van der Waals surface area contributed by atoms with Crippen LogP contribution in [0, 0.1) is 19.8 Å². The second kappa shape index (κ2) is 8.24. The maximum absolute atomic E-state index is 12.4. The van der Waals surface area contributed by atoms with Crippen molar-refractivity contribution in [1.29, 1.82) is 0 Å². The van der Waals surface area contributed by atoms with Gasteiger partial charge in [0, 0.05) is 0 Å². The molecule has 0 aliphatic heterocycles. The molecule has 7 heteroatoms. The van der Waals surface area contributed by atoms with Crippen molar-refractivity contribution in [2.45, 2.75) is 46.6 Å². The largest absolute Gasteiger partial charge is 0.548 e. The predicted octanol–water partition coefficient (Wildman–Crippen LogP) is 1.24. The van der Waals surface area contributed by atoms with Gasteiger partial charge in [0.05, 0.1) is 36.5 Å². The number of carbonyl (C=O) groups excluding carboxylic acids is 2. The lowest BCUT2D eigenvalue weighted by Gasteiger charge is -2.21. The molecular weight excluding hydrogens is 350 g/mol. The molecule has 1 N–H and O–H groups in total. The van der Waals surface area contributed by atoms with Crippen LogP contribution in [0.25, 0.3) is 11.0 Å². The number of hydrogen-bond acceptors (Lipinski definition) is 6. The molecule has 0 aliphatic rings. The molecule has 0 spiro atoms. The van der Waals surface area contributed by atoms with Gasteiger partial charge in [0.1, 0.15) is 11.3 Å². The van der Waals surface area contributed by atoms with Gasteiger partial charge >= 0.3 is 5.63 Å². The van der Waals surface area contributed by atoms with Crippen LogP contribution in [0.1, 0.15) is 37.0 Å². The van der Waals surface area contributed by atoms with Crippen molar-refractivity contribution >= 4 is 22.8 Å². The summed E-state index contributed by atoms with van der Waals surface area (Å²) in [6.07, 6.45) is -0.0461. The van der Waals surface area contributed by atoms with Crippen molar-refractivity contribution < 1.29 is 23.8 Å². The van der Waals surface area contributed by atoms with E-state index in [1.165, 1.54) is 7.11 Å². The molecule has 1 aromatic heterocycles. The number of methoxy groups -OCH3 is 1. The zero-order valence-corrected chi connectivity index (χ0v) is 16.2. The van der Waals surface area contributed by atoms with E-state index in [1.807, 2.05) is 26.8 Å². The van der Waals surface area contributed by atoms with Crippen LogP contribution in [0.15, 0.2) is 21.3 Å². The summed E-state index contributed by atoms with van der Waals surface area (Å²) >= 11 is 0. The predicted molar refractivity (Wildman–Crippen MR) is 98.6 cm³/mol. The minimum atomic E-state index is -1.35. The molecule has 2 rings (SSSR count). The summed E-state index contributed by atoms with van der Waals surface area (Å²) in [7, 11) is 1.52. The highest BCUT2D eigenvalue weighted by Crippen LogP contribution is 2.30. The lowest BCUT2D eigenvalue weighted by atomic mass is 10.0. The number of hydrogen-bond donors (Lipinski definition) is 1. The summed E-state index contributed by atoms with van der Waals surface area (Å²) in [5.41, 5.74) is 1.37. The Balaban J connectivity index is 2.38. The molecule has 0 saturated heterocycles. The number of carboxylic acids is 1. The van der Waals surface area contributed by atoms with E-state index in [9.17, 15) is 19.5 Å². The monoisotopic (exact) mass is 374 g/mol. The van der Waals surface area contributed by atoms with E-state index in [4.69, 9.17) is 9.15 Å². The fourth-order valence-corrected chi connectivity index (χ4v) is 3.09. The third-order valence-electron chi connectivity index (χ3n) is 4.37. The molecule has 1 atom stereocenters. The van der Waals surface area contributed by atoms with Gasteiger partial charge in [-0.05, 0) is 49.4 Å². The number of rotatable bonds is 7. The number of carbonyl (C=O) groups is 2. The highest BCUT2D eigenvalue weighted by molar-refractivity contribution is 5.90. The number of ether oxygens (including phenoxy) is 1. The summed E-state index contributed by atoms with van der Waals surface area (Å²) in [5.74, 6) is -1.32. The normalized spacial score (nSPS) is 12.2. The number of fused-ring (bicyclic) bond motifs is 1.